The van der Waals surface area contributed by atoms with Crippen molar-refractivity contribution in [3.63, 3.8) is 0 Å². The predicted octanol–water partition coefficient (Wildman–Crippen LogP) is 5.29. The number of nitrogens with one attached hydrogen (secondary N) is 3. The molecular weight excluding hydrogens is 745 g/mol. The topological polar surface area (TPSA) is 171 Å². The highest BCUT2D eigenvalue weighted by Crippen LogP contribution is 2.34. The van der Waals surface area contributed by atoms with Gasteiger partial charge in [0.05, 0.1) is 35.2 Å². The van der Waals surface area contributed by atoms with E-state index in [1.807, 2.05) is 35.1 Å². The minimum atomic E-state index is -4.66. The summed E-state index contributed by atoms with van der Waals surface area (Å²) >= 11 is 0. The molecule has 3 fully saturated rings. The highest BCUT2D eigenvalue weighted by molar-refractivity contribution is 6.08. The molecule has 17 heteroatoms. The number of anilines is 3. The number of fused-ring (bicyclic) bond motifs is 1. The number of likely N-dealkylation sites (tertiary alicyclic amines) is 1. The van der Waals surface area contributed by atoms with E-state index in [9.17, 15) is 37.5 Å². The molecule has 1 atom stereocenters. The van der Waals surface area contributed by atoms with Gasteiger partial charge in [-0.05, 0) is 88.4 Å². The number of nitrogens with zero attached hydrogens (tertiary/aromatic N) is 5. The highest BCUT2D eigenvalue weighted by Gasteiger charge is 2.37. The second-order valence-electron chi connectivity index (χ2n) is 15.2. The smallest absolute Gasteiger partial charge is 0.433 e. The molecule has 302 valence electrons. The molecule has 0 aliphatic carbocycles. The average molecular weight is 791 g/mol. The van der Waals surface area contributed by atoms with E-state index in [0.29, 0.717) is 75.6 Å². The quantitative estimate of drug-likeness (QED) is 0.155. The molecule has 3 aliphatic heterocycles. The van der Waals surface area contributed by atoms with Gasteiger partial charge in [0.15, 0.2) is 0 Å². The van der Waals surface area contributed by atoms with Crippen LogP contribution in [0.15, 0.2) is 60.8 Å². The fraction of sp³-hybridized carbons (Fsp3) is 0.450. The molecule has 0 radical (unpaired) electrons. The number of aliphatic hydroxyl groups is 1. The van der Waals surface area contributed by atoms with Gasteiger partial charge in [0.1, 0.15) is 23.3 Å². The van der Waals surface area contributed by atoms with Gasteiger partial charge in [0.25, 0.3) is 5.91 Å². The summed E-state index contributed by atoms with van der Waals surface area (Å²) in [5.41, 5.74) is 0.204. The van der Waals surface area contributed by atoms with Crippen LogP contribution in [0.4, 0.5) is 30.4 Å². The zero-order valence-corrected chi connectivity index (χ0v) is 31.6. The van der Waals surface area contributed by atoms with Crippen LogP contribution in [0.3, 0.4) is 0 Å². The number of hydrogen-bond donors (Lipinski definition) is 4. The van der Waals surface area contributed by atoms with E-state index in [4.69, 9.17) is 9.84 Å². The van der Waals surface area contributed by atoms with Gasteiger partial charge in [0.2, 0.25) is 17.7 Å². The molecule has 57 heavy (non-hydrogen) atoms. The second kappa shape index (κ2) is 16.0. The number of ether oxygens (including phenoxy) is 1. The van der Waals surface area contributed by atoms with Gasteiger partial charge in [-0.2, -0.15) is 18.3 Å². The van der Waals surface area contributed by atoms with E-state index in [1.54, 1.807) is 30.9 Å². The predicted molar refractivity (Wildman–Crippen MR) is 205 cm³/mol. The largest absolute Gasteiger partial charge is 0.490 e. The van der Waals surface area contributed by atoms with Crippen LogP contribution in [0.2, 0.25) is 0 Å². The molecule has 0 spiro atoms. The summed E-state index contributed by atoms with van der Waals surface area (Å²) in [5.74, 6) is -1.38. The van der Waals surface area contributed by atoms with E-state index >= 15 is 0 Å². The van der Waals surface area contributed by atoms with Crippen molar-refractivity contribution in [2.24, 2.45) is 0 Å². The van der Waals surface area contributed by atoms with Crippen molar-refractivity contribution in [3.8, 4) is 5.75 Å². The number of hydrogen-bond acceptors (Lipinski definition) is 10. The maximum Gasteiger partial charge on any atom is 0.433 e. The molecule has 4 amide bonds. The summed E-state index contributed by atoms with van der Waals surface area (Å²) < 4.78 is 47.4. The summed E-state index contributed by atoms with van der Waals surface area (Å²) in [6, 6.07) is 13.7. The molecule has 0 bridgehead atoms. The van der Waals surface area contributed by atoms with Crippen molar-refractivity contribution >= 4 is 51.7 Å². The van der Waals surface area contributed by atoms with Gasteiger partial charge in [-0.25, -0.2) is 4.98 Å². The zero-order valence-electron chi connectivity index (χ0n) is 31.6. The Morgan fingerprint density at radius 3 is 2.40 bits per heavy atom. The van der Waals surface area contributed by atoms with Crippen LogP contribution in [-0.2, 0) is 20.6 Å². The van der Waals surface area contributed by atoms with Gasteiger partial charge < -0.3 is 30.3 Å². The molecule has 2 aromatic heterocycles. The third-order valence-electron chi connectivity index (χ3n) is 10.7. The number of carbonyl (C=O) groups is 4. The number of carbonyl (C=O) groups excluding carboxylic acids is 4. The van der Waals surface area contributed by atoms with Crippen molar-refractivity contribution < 1.29 is 42.2 Å². The number of aromatic nitrogens is 3. The van der Waals surface area contributed by atoms with Crippen LogP contribution >= 0.6 is 0 Å². The fourth-order valence-corrected chi connectivity index (χ4v) is 7.57. The van der Waals surface area contributed by atoms with Crippen molar-refractivity contribution in [3.05, 3.63) is 72.1 Å². The maximum absolute atomic E-state index is 13.4. The lowest BCUT2D eigenvalue weighted by atomic mass is 9.87. The Morgan fingerprint density at radius 2 is 1.74 bits per heavy atom. The van der Waals surface area contributed by atoms with Crippen molar-refractivity contribution in [2.75, 3.05) is 41.7 Å². The Bertz CT molecular complexity index is 2140. The molecule has 2 aromatic carbocycles. The van der Waals surface area contributed by atoms with Crippen LogP contribution in [-0.4, -0.2) is 92.3 Å². The Kier molecular flexibility index (Phi) is 11.1. The van der Waals surface area contributed by atoms with Crippen molar-refractivity contribution in [2.45, 2.75) is 88.8 Å². The Labute approximate surface area is 326 Å². The van der Waals surface area contributed by atoms with Crippen LogP contribution < -0.4 is 25.6 Å². The average Bonchev–Trinajstić information content (AvgIpc) is 3.59. The van der Waals surface area contributed by atoms with E-state index in [-0.39, 0.29) is 53.4 Å². The van der Waals surface area contributed by atoms with Gasteiger partial charge in [-0.15, -0.1) is 0 Å². The van der Waals surface area contributed by atoms with Crippen LogP contribution in [0.5, 0.6) is 5.75 Å². The number of alkyl halides is 3. The van der Waals surface area contributed by atoms with Crippen molar-refractivity contribution in [1.82, 2.24) is 25.0 Å². The first kappa shape index (κ1) is 39.5. The highest BCUT2D eigenvalue weighted by atomic mass is 19.4. The third-order valence-corrected chi connectivity index (χ3v) is 10.7. The molecule has 4 aromatic rings. The monoisotopic (exact) mass is 790 g/mol. The lowest BCUT2D eigenvalue weighted by Gasteiger charge is -2.40. The normalized spacial score (nSPS) is 19.1. The van der Waals surface area contributed by atoms with Crippen LogP contribution in [0, 0.1) is 0 Å². The Morgan fingerprint density at radius 1 is 1.02 bits per heavy atom. The van der Waals surface area contributed by atoms with Crippen molar-refractivity contribution in [1.29, 1.82) is 0 Å². The summed E-state index contributed by atoms with van der Waals surface area (Å²) in [7, 11) is 0. The standard InChI is InChI=1S/C40H45F3N8O6/c1-24(2)57-32-21-31-25(20-29(32)37(54)46-34-5-3-4-33(45-34)40(41,42)43)23-51(48-31)28-12-16-50(17-13-28)36(53)22-39(56)14-18-49(19-15-39)27-8-6-26(7-9-27)44-30-10-11-35(52)47-38(30)55/h3-9,20-21,23-24,28,30,44,56H,10-19,22H2,1-2H3,(H,45,46,54)(H,47,52,55). The first-order valence-corrected chi connectivity index (χ1v) is 19.1. The lowest BCUT2D eigenvalue weighted by Crippen LogP contribution is -2.49. The minimum absolute atomic E-state index is 0.0283. The molecule has 7 rings (SSSR count). The van der Waals surface area contributed by atoms with E-state index in [0.717, 1.165) is 17.4 Å². The number of rotatable bonds is 10. The number of pyridine rings is 1. The van der Waals surface area contributed by atoms with Gasteiger partial charge in [-0.1, -0.05) is 6.07 Å². The maximum atomic E-state index is 13.4. The lowest BCUT2D eigenvalue weighted by molar-refractivity contribution is -0.141. The molecule has 4 N–H and O–H groups in total. The number of benzene rings is 2. The fourth-order valence-electron chi connectivity index (χ4n) is 7.57. The van der Waals surface area contributed by atoms with E-state index < -0.39 is 29.4 Å². The number of imide groups is 1. The third kappa shape index (κ3) is 9.30. The molecule has 3 saturated heterocycles. The number of amides is 4. The number of halogens is 3. The molecule has 14 nitrogen and oxygen atoms in total. The molecule has 1 unspecified atom stereocenters. The summed E-state index contributed by atoms with van der Waals surface area (Å²) in [6.07, 6.45) is -0.256. The summed E-state index contributed by atoms with van der Waals surface area (Å²) in [4.78, 5) is 57.8. The van der Waals surface area contributed by atoms with E-state index in [1.165, 1.54) is 12.1 Å². The summed E-state index contributed by atoms with van der Waals surface area (Å²) in [6.45, 7) is 5.72. The molecule has 3 aliphatic rings. The Hall–Kier alpha value is -5.71. The Balaban J connectivity index is 0.926. The van der Waals surface area contributed by atoms with Gasteiger partial charge >= 0.3 is 6.18 Å². The van der Waals surface area contributed by atoms with Gasteiger partial charge in [-0.3, -0.25) is 29.2 Å². The van der Waals surface area contributed by atoms with E-state index in [2.05, 4.69) is 25.8 Å². The first-order valence-electron chi connectivity index (χ1n) is 19.1. The second-order valence-corrected chi connectivity index (χ2v) is 15.2. The molecular formula is C40H45F3N8O6. The van der Waals surface area contributed by atoms with Gasteiger partial charge in [0, 0.05) is 61.6 Å². The zero-order chi connectivity index (χ0) is 40.5. The van der Waals surface area contributed by atoms with Crippen LogP contribution in [0.25, 0.3) is 10.9 Å². The first-order chi connectivity index (χ1) is 27.1. The summed E-state index contributed by atoms with van der Waals surface area (Å²) in [5, 5.41) is 24.8. The molecule has 5 heterocycles. The SMILES string of the molecule is CC(C)Oc1cc2nn(C3CCN(C(=O)CC4(O)CCN(c5ccc(NC6CCC(=O)NC6=O)cc5)CC4)CC3)cc2cc1C(=O)Nc1cccc(C(F)(F)F)n1. The minimum Gasteiger partial charge on any atom is -0.490 e. The number of piperidine rings is 3. The van der Waals surface area contributed by atoms with Crippen LogP contribution in [0.1, 0.15) is 80.9 Å². The molecule has 0 saturated carbocycles.